The number of hydrogen-bond acceptors (Lipinski definition) is 3. The summed E-state index contributed by atoms with van der Waals surface area (Å²) in [6, 6.07) is 2.32. The van der Waals surface area contributed by atoms with Gasteiger partial charge in [-0.05, 0) is 51.1 Å². The molecule has 0 saturated carbocycles. The molecule has 0 spiro atoms. The maximum Gasteiger partial charge on any atom is 0.0267 e. The molecule has 0 aromatic heterocycles. The molecule has 3 nitrogen and oxygen atoms in total. The van der Waals surface area contributed by atoms with Gasteiger partial charge in [0, 0.05) is 31.2 Å². The summed E-state index contributed by atoms with van der Waals surface area (Å²) in [5.41, 5.74) is 6.09. The van der Waals surface area contributed by atoms with Gasteiger partial charge in [-0.2, -0.15) is 0 Å². The van der Waals surface area contributed by atoms with Gasteiger partial charge in [-0.3, -0.25) is 9.80 Å². The van der Waals surface area contributed by atoms with Crippen molar-refractivity contribution in [1.82, 2.24) is 9.80 Å². The van der Waals surface area contributed by atoms with Gasteiger partial charge in [0.2, 0.25) is 0 Å². The van der Waals surface area contributed by atoms with E-state index in [0.29, 0.717) is 6.04 Å². The van der Waals surface area contributed by atoms with Gasteiger partial charge in [0.05, 0.1) is 0 Å². The van der Waals surface area contributed by atoms with Crippen LogP contribution in [0.5, 0.6) is 0 Å². The van der Waals surface area contributed by atoms with Gasteiger partial charge in [-0.25, -0.2) is 0 Å². The summed E-state index contributed by atoms with van der Waals surface area (Å²) in [5.74, 6) is 0.925. The molecule has 110 valence electrons. The van der Waals surface area contributed by atoms with Gasteiger partial charge < -0.3 is 5.73 Å². The van der Waals surface area contributed by atoms with Crippen molar-refractivity contribution < 1.29 is 0 Å². The van der Waals surface area contributed by atoms with E-state index in [2.05, 4.69) is 16.7 Å². The molecule has 3 fully saturated rings. The number of piperidine rings is 2. The molecular weight excluding hydrogens is 234 g/mol. The molecule has 0 aromatic carbocycles. The zero-order valence-electron chi connectivity index (χ0n) is 12.6. The van der Waals surface area contributed by atoms with E-state index in [1.54, 1.807) is 0 Å². The lowest BCUT2D eigenvalue weighted by atomic mass is 9.86. The van der Waals surface area contributed by atoms with Crippen molar-refractivity contribution >= 4 is 0 Å². The summed E-state index contributed by atoms with van der Waals surface area (Å²) in [6.45, 7) is 7.18. The van der Waals surface area contributed by atoms with Crippen LogP contribution in [-0.2, 0) is 0 Å². The van der Waals surface area contributed by atoms with E-state index in [0.717, 1.165) is 24.5 Å². The second-order valence-corrected chi connectivity index (χ2v) is 6.88. The molecule has 0 bridgehead atoms. The van der Waals surface area contributed by atoms with Crippen LogP contribution in [0.15, 0.2) is 0 Å². The fourth-order valence-corrected chi connectivity index (χ4v) is 4.80. The third kappa shape index (κ3) is 2.70. The Morgan fingerprint density at radius 3 is 2.68 bits per heavy atom. The van der Waals surface area contributed by atoms with E-state index in [1.807, 2.05) is 0 Å². The van der Waals surface area contributed by atoms with Crippen LogP contribution in [0.25, 0.3) is 0 Å². The molecule has 2 N–H and O–H groups in total. The second kappa shape index (κ2) is 6.11. The normalized spacial score (nSPS) is 41.4. The first-order valence-electron chi connectivity index (χ1n) is 8.53. The number of likely N-dealkylation sites (tertiary alicyclic amines) is 1. The minimum atomic E-state index is 0.658. The summed E-state index contributed by atoms with van der Waals surface area (Å²) in [4.78, 5) is 5.57. The maximum absolute atomic E-state index is 6.09. The fourth-order valence-electron chi connectivity index (χ4n) is 4.80. The van der Waals surface area contributed by atoms with Crippen LogP contribution in [0, 0.1) is 5.92 Å². The first kappa shape index (κ1) is 13.8. The van der Waals surface area contributed by atoms with E-state index in [1.165, 1.54) is 64.6 Å². The number of rotatable bonds is 3. The van der Waals surface area contributed by atoms with E-state index in [-0.39, 0.29) is 0 Å². The summed E-state index contributed by atoms with van der Waals surface area (Å²) < 4.78 is 0. The molecule has 3 saturated heterocycles. The largest absolute Gasteiger partial charge is 0.329 e. The predicted molar refractivity (Wildman–Crippen MR) is 80.2 cm³/mol. The van der Waals surface area contributed by atoms with Crippen LogP contribution in [0.4, 0.5) is 0 Å². The first-order valence-corrected chi connectivity index (χ1v) is 8.53. The average Bonchev–Trinajstić information content (AvgIpc) is 2.90. The van der Waals surface area contributed by atoms with Crippen molar-refractivity contribution in [3.05, 3.63) is 0 Å². The zero-order valence-corrected chi connectivity index (χ0v) is 12.6. The van der Waals surface area contributed by atoms with Gasteiger partial charge in [-0.15, -0.1) is 0 Å². The Kier molecular flexibility index (Phi) is 4.45. The molecular formula is C16H31N3. The highest BCUT2D eigenvalue weighted by Gasteiger charge is 2.42. The molecule has 3 rings (SSSR count). The molecule has 0 radical (unpaired) electrons. The Morgan fingerprint density at radius 2 is 1.89 bits per heavy atom. The Hall–Kier alpha value is -0.120. The van der Waals surface area contributed by atoms with Crippen LogP contribution in [0.3, 0.4) is 0 Å². The van der Waals surface area contributed by atoms with Crippen LogP contribution in [-0.4, -0.2) is 54.1 Å². The summed E-state index contributed by atoms with van der Waals surface area (Å²) >= 11 is 0. The molecule has 4 unspecified atom stereocenters. The molecule has 4 atom stereocenters. The zero-order chi connectivity index (χ0) is 13.2. The highest BCUT2D eigenvalue weighted by atomic mass is 15.3. The smallest absolute Gasteiger partial charge is 0.0267 e. The third-order valence-electron chi connectivity index (χ3n) is 5.97. The lowest BCUT2D eigenvalue weighted by Gasteiger charge is -2.45. The van der Waals surface area contributed by atoms with Gasteiger partial charge in [-0.1, -0.05) is 19.8 Å². The van der Waals surface area contributed by atoms with Crippen molar-refractivity contribution in [2.24, 2.45) is 11.7 Å². The Labute approximate surface area is 118 Å². The summed E-state index contributed by atoms with van der Waals surface area (Å²) in [5, 5.41) is 0. The maximum atomic E-state index is 6.09. The van der Waals surface area contributed by atoms with Crippen molar-refractivity contribution in [2.75, 3.05) is 26.2 Å². The fraction of sp³-hybridized carbons (Fsp3) is 1.00. The van der Waals surface area contributed by atoms with Crippen LogP contribution < -0.4 is 5.73 Å². The van der Waals surface area contributed by atoms with Crippen LogP contribution in [0.2, 0.25) is 0 Å². The second-order valence-electron chi connectivity index (χ2n) is 6.88. The van der Waals surface area contributed by atoms with Crippen LogP contribution >= 0.6 is 0 Å². The standard InChI is InChI=1S/C16H31N3/c1-2-13-6-10-19(14(11-13)12-17)16-7-9-18-8-4-3-5-15(16)18/h13-16H,2-12,17H2,1H3. The Balaban J connectivity index is 1.67. The summed E-state index contributed by atoms with van der Waals surface area (Å²) in [7, 11) is 0. The predicted octanol–water partition coefficient (Wildman–Crippen LogP) is 2.06. The van der Waals surface area contributed by atoms with Gasteiger partial charge in [0.15, 0.2) is 0 Å². The molecule has 0 aliphatic carbocycles. The molecule has 3 heteroatoms. The van der Waals surface area contributed by atoms with Crippen molar-refractivity contribution in [1.29, 1.82) is 0 Å². The van der Waals surface area contributed by atoms with E-state index >= 15 is 0 Å². The molecule has 0 amide bonds. The van der Waals surface area contributed by atoms with Gasteiger partial charge in [0.1, 0.15) is 0 Å². The summed E-state index contributed by atoms with van der Waals surface area (Å²) in [6.07, 6.45) is 9.75. The quantitative estimate of drug-likeness (QED) is 0.848. The minimum Gasteiger partial charge on any atom is -0.329 e. The Morgan fingerprint density at radius 1 is 1.00 bits per heavy atom. The van der Waals surface area contributed by atoms with Gasteiger partial charge in [0.25, 0.3) is 0 Å². The van der Waals surface area contributed by atoms with Crippen molar-refractivity contribution in [3.63, 3.8) is 0 Å². The number of nitrogens with two attached hydrogens (primary N) is 1. The average molecular weight is 265 g/mol. The highest BCUT2D eigenvalue weighted by Crippen LogP contribution is 2.35. The number of fused-ring (bicyclic) bond motifs is 1. The molecule has 3 aliphatic heterocycles. The molecule has 3 aliphatic rings. The van der Waals surface area contributed by atoms with Crippen molar-refractivity contribution in [2.45, 2.75) is 70.0 Å². The SMILES string of the molecule is CCC1CCN(C2CCN3CCCCC23)C(CN)C1. The Bertz CT molecular complexity index is 294. The minimum absolute atomic E-state index is 0.658. The number of hydrogen-bond donors (Lipinski definition) is 1. The van der Waals surface area contributed by atoms with Gasteiger partial charge >= 0.3 is 0 Å². The topological polar surface area (TPSA) is 32.5 Å². The molecule has 19 heavy (non-hydrogen) atoms. The monoisotopic (exact) mass is 265 g/mol. The van der Waals surface area contributed by atoms with E-state index < -0.39 is 0 Å². The lowest BCUT2D eigenvalue weighted by molar-refractivity contribution is 0.0418. The lowest BCUT2D eigenvalue weighted by Crippen LogP contribution is -2.55. The van der Waals surface area contributed by atoms with Crippen molar-refractivity contribution in [3.8, 4) is 0 Å². The van der Waals surface area contributed by atoms with E-state index in [9.17, 15) is 0 Å². The molecule has 0 aromatic rings. The van der Waals surface area contributed by atoms with E-state index in [4.69, 9.17) is 5.73 Å². The number of nitrogens with zero attached hydrogens (tertiary/aromatic N) is 2. The third-order valence-corrected chi connectivity index (χ3v) is 5.97. The highest BCUT2D eigenvalue weighted by molar-refractivity contribution is 4.98. The first-order chi connectivity index (χ1) is 9.33. The van der Waals surface area contributed by atoms with Crippen LogP contribution in [0.1, 0.15) is 51.9 Å². The molecule has 3 heterocycles.